The predicted molar refractivity (Wildman–Crippen MR) is 74.7 cm³/mol. The summed E-state index contributed by atoms with van der Waals surface area (Å²) in [7, 11) is 1.79. The molecule has 0 amide bonds. The highest BCUT2D eigenvalue weighted by Crippen LogP contribution is 2.28. The molecule has 1 aliphatic carbocycles. The summed E-state index contributed by atoms with van der Waals surface area (Å²) >= 11 is 1.45. The Balaban J connectivity index is 1.72. The maximum atomic E-state index is 10.1. The Labute approximate surface area is 118 Å². The largest absolute Gasteiger partial charge is 0.391 e. The molecule has 2 rings (SSSR count). The van der Waals surface area contributed by atoms with E-state index in [-0.39, 0.29) is 6.04 Å². The summed E-state index contributed by atoms with van der Waals surface area (Å²) < 4.78 is 1.60. The second kappa shape index (κ2) is 7.21. The molecule has 108 valence electrons. The topological polar surface area (TPSA) is 89.8 Å². The molecule has 6 nitrogen and oxygen atoms in total. The van der Waals surface area contributed by atoms with Crippen LogP contribution in [0.25, 0.3) is 0 Å². The smallest absolute Gasteiger partial charge is 0.209 e. The van der Waals surface area contributed by atoms with Crippen molar-refractivity contribution in [1.82, 2.24) is 20.2 Å². The molecule has 0 radical (unpaired) electrons. The average molecular weight is 285 g/mol. The Hall–Kier alpha value is -0.660. The summed E-state index contributed by atoms with van der Waals surface area (Å²) in [6.45, 7) is 0. The van der Waals surface area contributed by atoms with Crippen LogP contribution in [0.15, 0.2) is 5.16 Å². The lowest BCUT2D eigenvalue weighted by Gasteiger charge is -2.26. The molecule has 1 heterocycles. The third-order valence-corrected chi connectivity index (χ3v) is 4.90. The van der Waals surface area contributed by atoms with E-state index in [4.69, 9.17) is 5.73 Å². The van der Waals surface area contributed by atoms with E-state index in [1.165, 1.54) is 43.9 Å². The molecule has 2 atom stereocenters. The van der Waals surface area contributed by atoms with Gasteiger partial charge in [0, 0.05) is 18.8 Å². The summed E-state index contributed by atoms with van der Waals surface area (Å²) in [4.78, 5) is 0. The first-order chi connectivity index (χ1) is 9.16. The second-order valence-electron chi connectivity index (χ2n) is 5.37. The van der Waals surface area contributed by atoms with Gasteiger partial charge >= 0.3 is 0 Å². The van der Waals surface area contributed by atoms with Crippen molar-refractivity contribution in [3.63, 3.8) is 0 Å². The standard InChI is InChI=1S/C12H23N5OS/c1-17-12(14-15-16-17)19-8-11(18)10(13)7-9-5-3-2-4-6-9/h9-11,18H,2-8,13H2,1H3/t10-,11+/m0/s1. The van der Waals surface area contributed by atoms with E-state index < -0.39 is 6.10 Å². The molecule has 0 aliphatic heterocycles. The molecule has 0 bridgehead atoms. The van der Waals surface area contributed by atoms with Crippen LogP contribution in [0.5, 0.6) is 0 Å². The van der Waals surface area contributed by atoms with Gasteiger partial charge in [-0.2, -0.15) is 0 Å². The van der Waals surface area contributed by atoms with E-state index in [0.29, 0.717) is 16.8 Å². The molecule has 1 aromatic heterocycles. The lowest BCUT2D eigenvalue weighted by Crippen LogP contribution is -2.38. The summed E-state index contributed by atoms with van der Waals surface area (Å²) in [5, 5.41) is 22.0. The number of aromatic nitrogens is 4. The van der Waals surface area contributed by atoms with Crippen molar-refractivity contribution in [2.75, 3.05) is 5.75 Å². The number of aryl methyl sites for hydroxylation is 1. The third kappa shape index (κ3) is 4.43. The van der Waals surface area contributed by atoms with Gasteiger partial charge < -0.3 is 10.8 Å². The summed E-state index contributed by atoms with van der Waals surface area (Å²) in [5.41, 5.74) is 6.10. The molecule has 0 aromatic carbocycles. The van der Waals surface area contributed by atoms with Crippen LogP contribution in [-0.2, 0) is 7.05 Å². The van der Waals surface area contributed by atoms with E-state index in [2.05, 4.69) is 15.5 Å². The van der Waals surface area contributed by atoms with Crippen LogP contribution < -0.4 is 5.73 Å². The number of nitrogens with two attached hydrogens (primary N) is 1. The van der Waals surface area contributed by atoms with Crippen LogP contribution in [0.1, 0.15) is 38.5 Å². The number of tetrazole rings is 1. The Morgan fingerprint density at radius 1 is 1.42 bits per heavy atom. The van der Waals surface area contributed by atoms with Crippen molar-refractivity contribution < 1.29 is 5.11 Å². The van der Waals surface area contributed by atoms with Crippen LogP contribution in [0, 0.1) is 5.92 Å². The minimum atomic E-state index is -0.497. The second-order valence-corrected chi connectivity index (χ2v) is 6.35. The van der Waals surface area contributed by atoms with Crippen molar-refractivity contribution >= 4 is 11.8 Å². The monoisotopic (exact) mass is 285 g/mol. The highest BCUT2D eigenvalue weighted by molar-refractivity contribution is 7.99. The Kier molecular flexibility index (Phi) is 5.59. The molecule has 0 spiro atoms. The maximum Gasteiger partial charge on any atom is 0.209 e. The van der Waals surface area contributed by atoms with Gasteiger partial charge in [0.1, 0.15) is 0 Å². The van der Waals surface area contributed by atoms with E-state index in [9.17, 15) is 5.11 Å². The van der Waals surface area contributed by atoms with Crippen molar-refractivity contribution in [3.8, 4) is 0 Å². The molecular formula is C12H23N5OS. The molecule has 0 saturated heterocycles. The first-order valence-corrected chi connectivity index (χ1v) is 7.94. The Morgan fingerprint density at radius 3 is 2.79 bits per heavy atom. The number of rotatable bonds is 6. The number of hydrogen-bond donors (Lipinski definition) is 2. The summed E-state index contributed by atoms with van der Waals surface area (Å²) in [6.07, 6.45) is 6.94. The fourth-order valence-corrected chi connectivity index (χ4v) is 3.48. The van der Waals surface area contributed by atoms with Crippen LogP contribution in [0.2, 0.25) is 0 Å². The van der Waals surface area contributed by atoms with Gasteiger partial charge in [0.05, 0.1) is 6.10 Å². The molecule has 7 heteroatoms. The van der Waals surface area contributed by atoms with Crippen molar-refractivity contribution in [3.05, 3.63) is 0 Å². The highest BCUT2D eigenvalue weighted by atomic mass is 32.2. The molecule has 19 heavy (non-hydrogen) atoms. The zero-order valence-corrected chi connectivity index (χ0v) is 12.2. The van der Waals surface area contributed by atoms with Crippen LogP contribution in [0.4, 0.5) is 0 Å². The van der Waals surface area contributed by atoms with E-state index >= 15 is 0 Å². The summed E-state index contributed by atoms with van der Waals surface area (Å²) in [5.74, 6) is 1.24. The van der Waals surface area contributed by atoms with E-state index in [1.54, 1.807) is 11.7 Å². The maximum absolute atomic E-state index is 10.1. The minimum Gasteiger partial charge on any atom is -0.391 e. The molecule has 1 aliphatic rings. The number of hydrogen-bond acceptors (Lipinski definition) is 6. The van der Waals surface area contributed by atoms with Crippen LogP contribution in [-0.4, -0.2) is 43.2 Å². The molecule has 1 fully saturated rings. The lowest BCUT2D eigenvalue weighted by molar-refractivity contribution is 0.147. The van der Waals surface area contributed by atoms with Crippen molar-refractivity contribution in [2.45, 2.75) is 55.8 Å². The van der Waals surface area contributed by atoms with Gasteiger partial charge in [-0.05, 0) is 22.8 Å². The van der Waals surface area contributed by atoms with Gasteiger partial charge in [-0.25, -0.2) is 4.68 Å². The minimum absolute atomic E-state index is 0.142. The fourth-order valence-electron chi connectivity index (χ4n) is 2.59. The normalized spacial score (nSPS) is 20.4. The average Bonchev–Trinajstić information content (AvgIpc) is 2.82. The van der Waals surface area contributed by atoms with Crippen molar-refractivity contribution in [1.29, 1.82) is 0 Å². The Bertz CT molecular complexity index is 380. The van der Waals surface area contributed by atoms with Crippen LogP contribution in [0.3, 0.4) is 0 Å². The lowest BCUT2D eigenvalue weighted by atomic mass is 9.84. The van der Waals surface area contributed by atoms with Gasteiger partial charge in [0.2, 0.25) is 5.16 Å². The molecule has 1 aromatic rings. The highest BCUT2D eigenvalue weighted by Gasteiger charge is 2.22. The summed E-state index contributed by atoms with van der Waals surface area (Å²) in [6, 6.07) is -0.142. The number of aliphatic hydroxyl groups is 1. The van der Waals surface area contributed by atoms with Gasteiger partial charge in [-0.15, -0.1) is 5.10 Å². The zero-order chi connectivity index (χ0) is 13.7. The predicted octanol–water partition coefficient (Wildman–Crippen LogP) is 0.961. The third-order valence-electron chi connectivity index (χ3n) is 3.79. The number of nitrogens with zero attached hydrogens (tertiary/aromatic N) is 4. The SMILES string of the molecule is Cn1nnnc1SC[C@@H](O)[C@@H](N)CC1CCCCC1. The number of thioether (sulfide) groups is 1. The van der Waals surface area contributed by atoms with Crippen LogP contribution >= 0.6 is 11.8 Å². The van der Waals surface area contributed by atoms with Gasteiger partial charge in [-0.3, -0.25) is 0 Å². The van der Waals surface area contributed by atoms with Gasteiger partial charge in [0.15, 0.2) is 0 Å². The fraction of sp³-hybridized carbons (Fsp3) is 0.917. The molecule has 3 N–H and O–H groups in total. The first-order valence-electron chi connectivity index (χ1n) is 6.95. The van der Waals surface area contributed by atoms with Gasteiger partial charge in [0.25, 0.3) is 0 Å². The first kappa shape index (κ1) is 14.7. The zero-order valence-electron chi connectivity index (χ0n) is 11.4. The van der Waals surface area contributed by atoms with Gasteiger partial charge in [-0.1, -0.05) is 43.9 Å². The van der Waals surface area contributed by atoms with Crippen molar-refractivity contribution in [2.24, 2.45) is 18.7 Å². The van der Waals surface area contributed by atoms with E-state index in [0.717, 1.165) is 6.42 Å². The quantitative estimate of drug-likeness (QED) is 0.757. The molecule has 0 unspecified atom stereocenters. The number of aliphatic hydroxyl groups excluding tert-OH is 1. The molecular weight excluding hydrogens is 262 g/mol. The Morgan fingerprint density at radius 2 is 2.16 bits per heavy atom. The van der Waals surface area contributed by atoms with E-state index in [1.807, 2.05) is 0 Å². The molecule has 1 saturated carbocycles.